The molecule has 14 heteroatoms. The Morgan fingerprint density at radius 2 is 0.935 bits per heavy atom. The van der Waals surface area contributed by atoms with E-state index in [0.717, 1.165) is 44.5 Å². The van der Waals surface area contributed by atoms with Crippen LogP contribution >= 0.6 is 23.5 Å². The van der Waals surface area contributed by atoms with Crippen molar-refractivity contribution in [2.75, 3.05) is 22.9 Å². The first-order chi connectivity index (χ1) is 21.9. The summed E-state index contributed by atoms with van der Waals surface area (Å²) in [5, 5.41) is -2.81. The molecular weight excluding hydrogens is 629 g/mol. The molecule has 0 saturated carbocycles. The second kappa shape index (κ2) is 13.7. The molecule has 2 heterocycles. The second-order valence-electron chi connectivity index (χ2n) is 11.0. The molecule has 6 amide bonds. The molecule has 0 radical (unpaired) electrons. The number of thioether (sulfide) groups is 2. The summed E-state index contributed by atoms with van der Waals surface area (Å²) in [5.74, 6) is -2.20. The van der Waals surface area contributed by atoms with Gasteiger partial charge in [-0.15, -0.1) is 0 Å². The normalized spacial score (nSPS) is 18.0. The molecule has 2 saturated heterocycles. The zero-order chi connectivity index (χ0) is 33.1. The van der Waals surface area contributed by atoms with Gasteiger partial charge in [0.15, 0.2) is 10.7 Å². The lowest BCUT2D eigenvalue weighted by atomic mass is 10.1. The van der Waals surface area contributed by atoms with E-state index in [1.807, 2.05) is 38.1 Å². The highest BCUT2D eigenvalue weighted by atomic mass is 32.2. The summed E-state index contributed by atoms with van der Waals surface area (Å²) in [5.41, 5.74) is 15.4. The van der Waals surface area contributed by atoms with E-state index in [2.05, 4.69) is 0 Å². The van der Waals surface area contributed by atoms with Crippen LogP contribution in [0.2, 0.25) is 0 Å². The predicted molar refractivity (Wildman–Crippen MR) is 177 cm³/mol. The van der Waals surface area contributed by atoms with Crippen LogP contribution in [-0.2, 0) is 32.3 Å². The number of hydrogen-bond donors (Lipinski definition) is 2. The standard InChI is InChI=1S/C32H32N6O6S2/c1-19-3-11-23(12-4-19)35(17-25(33)39)29-27(41)37(31(43)45-29)15-21-7-9-22(10-8-21)16-38-28(42)30(46-32(38)44)36(18-26(34)40)24-13-5-20(2)6-14-24/h3-14,29-30H,15-18H2,1-2H3,(H2,33,39)(H2,34,40)/t29-,30-/m0/s1. The van der Waals surface area contributed by atoms with Gasteiger partial charge in [-0.2, -0.15) is 0 Å². The quantitative estimate of drug-likeness (QED) is 0.294. The third-order valence-corrected chi connectivity index (χ3v) is 9.68. The Morgan fingerprint density at radius 3 is 1.24 bits per heavy atom. The Hall–Kier alpha value is -4.82. The second-order valence-corrected chi connectivity index (χ2v) is 13.1. The first kappa shape index (κ1) is 32.6. The van der Waals surface area contributed by atoms with E-state index < -0.39 is 44.9 Å². The SMILES string of the molecule is Cc1ccc(N(CC(N)=O)[C@H]2SC(=O)N(Cc3ccc(CN4C(=O)S[C@H](N(CC(N)=O)c5ccc(C)cc5)C4=O)cc3)C2=O)cc1. The molecule has 3 aromatic carbocycles. The Bertz CT molecular complexity index is 1560. The largest absolute Gasteiger partial charge is 0.368 e. The van der Waals surface area contributed by atoms with E-state index in [-0.39, 0.29) is 26.2 Å². The summed E-state index contributed by atoms with van der Waals surface area (Å²) < 4.78 is 0. The van der Waals surface area contributed by atoms with Crippen molar-refractivity contribution in [3.8, 4) is 0 Å². The fourth-order valence-electron chi connectivity index (χ4n) is 5.09. The highest BCUT2D eigenvalue weighted by Crippen LogP contribution is 2.35. The molecule has 0 aliphatic carbocycles. The van der Waals surface area contributed by atoms with Crippen LogP contribution in [0.15, 0.2) is 72.8 Å². The lowest BCUT2D eigenvalue weighted by molar-refractivity contribution is -0.128. The first-order valence-corrected chi connectivity index (χ1v) is 16.0. The predicted octanol–water partition coefficient (Wildman–Crippen LogP) is 3.33. The van der Waals surface area contributed by atoms with Gasteiger partial charge in [-0.3, -0.25) is 38.6 Å². The van der Waals surface area contributed by atoms with Crippen LogP contribution < -0.4 is 21.3 Å². The van der Waals surface area contributed by atoms with Crippen molar-refractivity contribution in [1.29, 1.82) is 0 Å². The van der Waals surface area contributed by atoms with Crippen LogP contribution in [0, 0.1) is 13.8 Å². The number of amides is 6. The minimum absolute atomic E-state index is 0.00210. The molecule has 238 valence electrons. The van der Waals surface area contributed by atoms with Crippen molar-refractivity contribution in [1.82, 2.24) is 9.80 Å². The number of hydrogen-bond acceptors (Lipinski definition) is 10. The molecule has 0 unspecified atom stereocenters. The molecule has 0 spiro atoms. The molecule has 2 atom stereocenters. The first-order valence-electron chi connectivity index (χ1n) is 14.3. The third-order valence-electron chi connectivity index (χ3n) is 7.47. The van der Waals surface area contributed by atoms with Gasteiger partial charge in [-0.25, -0.2) is 0 Å². The molecule has 0 aromatic heterocycles. The molecule has 4 N–H and O–H groups in total. The van der Waals surface area contributed by atoms with Crippen LogP contribution in [0.4, 0.5) is 21.0 Å². The van der Waals surface area contributed by atoms with Crippen molar-refractivity contribution in [2.24, 2.45) is 11.5 Å². The van der Waals surface area contributed by atoms with E-state index >= 15 is 0 Å². The molecule has 2 aliphatic heterocycles. The zero-order valence-electron chi connectivity index (χ0n) is 25.1. The van der Waals surface area contributed by atoms with Gasteiger partial charge >= 0.3 is 0 Å². The Labute approximate surface area is 274 Å². The van der Waals surface area contributed by atoms with Gasteiger partial charge in [0.25, 0.3) is 22.3 Å². The van der Waals surface area contributed by atoms with Crippen molar-refractivity contribution >= 4 is 69.0 Å². The van der Waals surface area contributed by atoms with E-state index in [9.17, 15) is 28.8 Å². The van der Waals surface area contributed by atoms with Gasteiger partial charge in [-0.05, 0) is 72.8 Å². The molecule has 5 rings (SSSR count). The van der Waals surface area contributed by atoms with Crippen molar-refractivity contribution < 1.29 is 28.8 Å². The van der Waals surface area contributed by atoms with Crippen LogP contribution in [0.3, 0.4) is 0 Å². The maximum atomic E-state index is 13.4. The van der Waals surface area contributed by atoms with Crippen LogP contribution in [0.1, 0.15) is 22.3 Å². The fourth-order valence-corrected chi connectivity index (χ4v) is 7.14. The number of imide groups is 2. The van der Waals surface area contributed by atoms with Gasteiger partial charge in [0.2, 0.25) is 11.8 Å². The molecule has 2 aliphatic rings. The minimum Gasteiger partial charge on any atom is -0.368 e. The highest BCUT2D eigenvalue weighted by Gasteiger charge is 2.45. The van der Waals surface area contributed by atoms with Gasteiger partial charge in [0.05, 0.1) is 26.2 Å². The van der Waals surface area contributed by atoms with Gasteiger partial charge in [0.1, 0.15) is 0 Å². The summed E-state index contributed by atoms with van der Waals surface area (Å²) >= 11 is 1.64. The lowest BCUT2D eigenvalue weighted by Gasteiger charge is -2.27. The number of benzene rings is 3. The summed E-state index contributed by atoms with van der Waals surface area (Å²) in [4.78, 5) is 81.6. The molecule has 2 fully saturated rings. The average Bonchev–Trinajstić information content (AvgIpc) is 3.45. The molecule has 46 heavy (non-hydrogen) atoms. The maximum absolute atomic E-state index is 13.4. The topological polar surface area (TPSA) is 167 Å². The maximum Gasteiger partial charge on any atom is 0.291 e. The molecule has 0 bridgehead atoms. The Morgan fingerprint density at radius 1 is 0.609 bits per heavy atom. The van der Waals surface area contributed by atoms with E-state index in [0.29, 0.717) is 22.5 Å². The summed E-state index contributed by atoms with van der Waals surface area (Å²) in [7, 11) is 0. The van der Waals surface area contributed by atoms with Crippen LogP contribution in [0.25, 0.3) is 0 Å². The monoisotopic (exact) mass is 660 g/mol. The van der Waals surface area contributed by atoms with Gasteiger partial charge in [0, 0.05) is 11.4 Å². The summed E-state index contributed by atoms with van der Waals surface area (Å²) in [6.45, 7) is 3.35. The van der Waals surface area contributed by atoms with Crippen molar-refractivity contribution in [3.05, 3.63) is 95.1 Å². The number of nitrogens with zero attached hydrogens (tertiary/aromatic N) is 4. The molecule has 3 aromatic rings. The number of carbonyl (C=O) groups excluding carboxylic acids is 6. The number of rotatable bonds is 12. The van der Waals surface area contributed by atoms with Gasteiger partial charge < -0.3 is 21.3 Å². The fraction of sp³-hybridized carbons (Fsp3) is 0.250. The number of primary amides is 2. The van der Waals surface area contributed by atoms with Crippen molar-refractivity contribution in [3.63, 3.8) is 0 Å². The Balaban J connectivity index is 1.26. The van der Waals surface area contributed by atoms with Crippen LogP contribution in [0.5, 0.6) is 0 Å². The van der Waals surface area contributed by atoms with E-state index in [1.165, 1.54) is 9.80 Å². The summed E-state index contributed by atoms with van der Waals surface area (Å²) in [6, 6.07) is 21.3. The highest BCUT2D eigenvalue weighted by molar-refractivity contribution is 8.15. The van der Waals surface area contributed by atoms with Crippen molar-refractivity contribution in [2.45, 2.75) is 37.7 Å². The zero-order valence-corrected chi connectivity index (χ0v) is 26.8. The summed E-state index contributed by atoms with van der Waals surface area (Å²) in [6.07, 6.45) is 0. The Kier molecular flexibility index (Phi) is 9.68. The van der Waals surface area contributed by atoms with E-state index in [1.54, 1.807) is 48.5 Å². The van der Waals surface area contributed by atoms with Gasteiger partial charge in [-0.1, -0.05) is 59.7 Å². The van der Waals surface area contributed by atoms with E-state index in [4.69, 9.17) is 11.5 Å². The van der Waals surface area contributed by atoms with Crippen LogP contribution in [-0.4, -0.2) is 67.7 Å². The molecule has 12 nitrogen and oxygen atoms in total. The third kappa shape index (κ3) is 7.18. The number of carbonyl (C=O) groups is 6. The number of aryl methyl sites for hydroxylation is 2. The number of nitrogens with two attached hydrogens (primary N) is 2. The number of anilines is 2. The minimum atomic E-state index is -0.950. The molecular formula is C32H32N6O6S2. The lowest BCUT2D eigenvalue weighted by Crippen LogP contribution is -2.45. The average molecular weight is 661 g/mol. The smallest absolute Gasteiger partial charge is 0.291 e.